The molecule has 2 rings (SSSR count). The van der Waals surface area contributed by atoms with Gasteiger partial charge in [-0.3, -0.25) is 0 Å². The lowest BCUT2D eigenvalue weighted by Gasteiger charge is -2.08. The Kier molecular flexibility index (Phi) is 3.90. The van der Waals surface area contributed by atoms with Crippen LogP contribution < -0.4 is 5.32 Å². The van der Waals surface area contributed by atoms with Crippen LogP contribution >= 0.6 is 11.8 Å². The Morgan fingerprint density at radius 1 is 1.29 bits per heavy atom. The van der Waals surface area contributed by atoms with E-state index in [9.17, 15) is 0 Å². The Balaban J connectivity index is 1.67. The lowest BCUT2D eigenvalue weighted by atomic mass is 10.2. The minimum absolute atomic E-state index is 0.784. The molecule has 0 saturated carbocycles. The molecule has 1 fully saturated rings. The molecule has 1 unspecified atom stereocenters. The summed E-state index contributed by atoms with van der Waals surface area (Å²) in [5.41, 5.74) is 0. The van der Waals surface area contributed by atoms with Crippen LogP contribution in [0.4, 0.5) is 0 Å². The number of benzene rings is 1. The van der Waals surface area contributed by atoms with Gasteiger partial charge in [0.25, 0.3) is 0 Å². The summed E-state index contributed by atoms with van der Waals surface area (Å²) >= 11 is 1.97. The van der Waals surface area contributed by atoms with Crippen molar-refractivity contribution < 1.29 is 0 Å². The molecule has 0 spiro atoms. The van der Waals surface area contributed by atoms with Gasteiger partial charge in [0.15, 0.2) is 0 Å². The van der Waals surface area contributed by atoms with Gasteiger partial charge in [-0.25, -0.2) is 0 Å². The van der Waals surface area contributed by atoms with Gasteiger partial charge < -0.3 is 5.32 Å². The molecule has 0 aromatic heterocycles. The fourth-order valence-electron chi connectivity index (χ4n) is 1.84. The quantitative estimate of drug-likeness (QED) is 0.762. The Labute approximate surface area is 90.3 Å². The summed E-state index contributed by atoms with van der Waals surface area (Å²) < 4.78 is 0. The molecule has 1 aliphatic heterocycles. The normalized spacial score (nSPS) is 21.3. The zero-order valence-electron chi connectivity index (χ0n) is 8.41. The lowest BCUT2D eigenvalue weighted by Crippen LogP contribution is -2.21. The summed E-state index contributed by atoms with van der Waals surface area (Å²) in [6, 6.07) is 11.4. The molecule has 1 heterocycles. The third kappa shape index (κ3) is 3.03. The molecule has 1 nitrogen and oxygen atoms in total. The van der Waals surface area contributed by atoms with Crippen LogP contribution in [0.2, 0.25) is 0 Å². The van der Waals surface area contributed by atoms with E-state index in [1.54, 1.807) is 0 Å². The lowest BCUT2D eigenvalue weighted by molar-refractivity contribution is 0.592. The van der Waals surface area contributed by atoms with E-state index in [0.717, 1.165) is 6.04 Å². The standard InChI is InChI=1S/C12H17NS/c1-2-6-12(7-3-1)14-10-8-11-5-4-9-13-11/h1-3,6-7,11,13H,4-5,8-10H2. The van der Waals surface area contributed by atoms with Crippen LogP contribution in [0.25, 0.3) is 0 Å². The SMILES string of the molecule is c1ccc(SCCC2CCCN2)cc1. The fourth-order valence-corrected chi connectivity index (χ4v) is 2.83. The minimum atomic E-state index is 0.784. The van der Waals surface area contributed by atoms with Gasteiger partial charge in [0, 0.05) is 10.9 Å². The highest BCUT2D eigenvalue weighted by molar-refractivity contribution is 7.99. The summed E-state index contributed by atoms with van der Waals surface area (Å²) in [5, 5.41) is 3.53. The van der Waals surface area contributed by atoms with E-state index in [4.69, 9.17) is 0 Å². The van der Waals surface area contributed by atoms with Crippen LogP contribution in [0.15, 0.2) is 35.2 Å². The van der Waals surface area contributed by atoms with Gasteiger partial charge >= 0.3 is 0 Å². The van der Waals surface area contributed by atoms with Crippen molar-refractivity contribution in [3.63, 3.8) is 0 Å². The monoisotopic (exact) mass is 207 g/mol. The van der Waals surface area contributed by atoms with Crippen LogP contribution in [0.1, 0.15) is 19.3 Å². The van der Waals surface area contributed by atoms with E-state index in [2.05, 4.69) is 35.6 Å². The molecule has 1 N–H and O–H groups in total. The molecular weight excluding hydrogens is 190 g/mol. The smallest absolute Gasteiger partial charge is 0.00755 e. The molecule has 0 amide bonds. The molecule has 1 saturated heterocycles. The van der Waals surface area contributed by atoms with Crippen molar-refractivity contribution in [1.29, 1.82) is 0 Å². The van der Waals surface area contributed by atoms with Crippen LogP contribution in [-0.4, -0.2) is 18.3 Å². The maximum atomic E-state index is 3.53. The Morgan fingerprint density at radius 3 is 2.86 bits per heavy atom. The van der Waals surface area contributed by atoms with E-state index < -0.39 is 0 Å². The third-order valence-corrected chi connectivity index (χ3v) is 3.69. The largest absolute Gasteiger partial charge is 0.314 e. The average Bonchev–Trinajstić information content (AvgIpc) is 2.72. The van der Waals surface area contributed by atoms with Gasteiger partial charge in [0.1, 0.15) is 0 Å². The maximum Gasteiger partial charge on any atom is 0.00755 e. The summed E-state index contributed by atoms with van der Waals surface area (Å²) in [6.07, 6.45) is 4.04. The fraction of sp³-hybridized carbons (Fsp3) is 0.500. The molecular formula is C12H17NS. The first-order valence-corrected chi connectivity index (χ1v) is 6.35. The predicted octanol–water partition coefficient (Wildman–Crippen LogP) is 2.92. The van der Waals surface area contributed by atoms with Crippen molar-refractivity contribution in [3.8, 4) is 0 Å². The van der Waals surface area contributed by atoms with E-state index >= 15 is 0 Å². The highest BCUT2D eigenvalue weighted by Gasteiger charge is 2.12. The highest BCUT2D eigenvalue weighted by atomic mass is 32.2. The van der Waals surface area contributed by atoms with Crippen molar-refractivity contribution >= 4 is 11.8 Å². The Hall–Kier alpha value is -0.470. The van der Waals surface area contributed by atoms with Crippen LogP contribution in [0, 0.1) is 0 Å². The zero-order chi connectivity index (χ0) is 9.64. The molecule has 14 heavy (non-hydrogen) atoms. The first kappa shape index (κ1) is 10.1. The summed E-state index contributed by atoms with van der Waals surface area (Å²) in [5.74, 6) is 1.24. The molecule has 1 aromatic carbocycles. The molecule has 1 aliphatic rings. The van der Waals surface area contributed by atoms with Crippen molar-refractivity contribution in [2.75, 3.05) is 12.3 Å². The van der Waals surface area contributed by atoms with Gasteiger partial charge in [0.05, 0.1) is 0 Å². The summed E-state index contributed by atoms with van der Waals surface area (Å²) in [7, 11) is 0. The molecule has 76 valence electrons. The van der Waals surface area contributed by atoms with Crippen molar-refractivity contribution in [2.45, 2.75) is 30.2 Å². The van der Waals surface area contributed by atoms with Crippen molar-refractivity contribution in [1.82, 2.24) is 5.32 Å². The van der Waals surface area contributed by atoms with Crippen molar-refractivity contribution in [3.05, 3.63) is 30.3 Å². The summed E-state index contributed by atoms with van der Waals surface area (Å²) in [6.45, 7) is 1.22. The van der Waals surface area contributed by atoms with E-state index in [-0.39, 0.29) is 0 Å². The molecule has 2 heteroatoms. The van der Waals surface area contributed by atoms with Crippen LogP contribution in [0.5, 0.6) is 0 Å². The molecule has 0 bridgehead atoms. The first-order chi connectivity index (χ1) is 6.95. The Morgan fingerprint density at radius 2 is 2.14 bits per heavy atom. The second-order valence-corrected chi connectivity index (χ2v) is 4.91. The van der Waals surface area contributed by atoms with Gasteiger partial charge in [-0.1, -0.05) is 18.2 Å². The Bertz CT molecular complexity index is 254. The number of nitrogens with one attached hydrogen (secondary N) is 1. The zero-order valence-corrected chi connectivity index (χ0v) is 9.22. The number of hydrogen-bond acceptors (Lipinski definition) is 2. The van der Waals surface area contributed by atoms with Gasteiger partial charge in [0.2, 0.25) is 0 Å². The van der Waals surface area contributed by atoms with E-state index in [1.807, 2.05) is 11.8 Å². The van der Waals surface area contributed by atoms with Crippen LogP contribution in [-0.2, 0) is 0 Å². The van der Waals surface area contributed by atoms with Crippen molar-refractivity contribution in [2.24, 2.45) is 0 Å². The van der Waals surface area contributed by atoms with Gasteiger partial charge in [-0.05, 0) is 43.7 Å². The predicted molar refractivity (Wildman–Crippen MR) is 62.8 cm³/mol. The van der Waals surface area contributed by atoms with Gasteiger partial charge in [-0.2, -0.15) is 0 Å². The number of rotatable bonds is 4. The molecule has 1 aromatic rings. The third-order valence-electron chi connectivity index (χ3n) is 2.64. The molecule has 0 radical (unpaired) electrons. The van der Waals surface area contributed by atoms with Gasteiger partial charge in [-0.15, -0.1) is 11.8 Å². The number of hydrogen-bond donors (Lipinski definition) is 1. The molecule has 1 atom stereocenters. The number of thioether (sulfide) groups is 1. The van der Waals surface area contributed by atoms with E-state index in [1.165, 1.54) is 36.5 Å². The molecule has 0 aliphatic carbocycles. The van der Waals surface area contributed by atoms with E-state index in [0.29, 0.717) is 0 Å². The second kappa shape index (κ2) is 5.42. The minimum Gasteiger partial charge on any atom is -0.314 e. The highest BCUT2D eigenvalue weighted by Crippen LogP contribution is 2.20. The average molecular weight is 207 g/mol. The second-order valence-electron chi connectivity index (χ2n) is 3.74. The first-order valence-electron chi connectivity index (χ1n) is 5.36. The van der Waals surface area contributed by atoms with Crippen LogP contribution in [0.3, 0.4) is 0 Å². The maximum absolute atomic E-state index is 3.53. The summed E-state index contributed by atoms with van der Waals surface area (Å²) in [4.78, 5) is 1.39. The topological polar surface area (TPSA) is 12.0 Å².